The molecule has 2 aromatic heterocycles. The number of hydrogen-bond acceptors (Lipinski definition) is 5. The zero-order chi connectivity index (χ0) is 16.2. The van der Waals surface area contributed by atoms with Gasteiger partial charge in [0.1, 0.15) is 11.6 Å². The molecule has 0 aromatic carbocycles. The molecular formula is C16H22N4O3. The summed E-state index contributed by atoms with van der Waals surface area (Å²) in [6, 6.07) is 1.72. The predicted octanol–water partition coefficient (Wildman–Crippen LogP) is 2.05. The topological polar surface area (TPSA) is 84.2 Å². The molecule has 3 heterocycles. The summed E-state index contributed by atoms with van der Waals surface area (Å²) < 4.78 is 10.1. The van der Waals surface area contributed by atoms with Gasteiger partial charge in [-0.05, 0) is 24.9 Å². The highest BCUT2D eigenvalue weighted by molar-refractivity contribution is 5.76. The predicted molar refractivity (Wildman–Crippen MR) is 83.3 cm³/mol. The molecule has 1 aliphatic rings. The molecule has 0 unspecified atom stereocenters. The van der Waals surface area contributed by atoms with Crippen molar-refractivity contribution >= 4 is 5.91 Å². The standard InChI is InChI=1S/C16H22N4O3/c1-11-9-17-16(18-11)12-4-3-7-20(10-12)15(21)6-5-13-8-14(22-2)19-23-13/h8-9,12H,3-7,10H2,1-2H3,(H,17,18)/t12-/m0/s1. The van der Waals surface area contributed by atoms with Crippen LogP contribution in [0, 0.1) is 6.92 Å². The third kappa shape index (κ3) is 3.72. The molecule has 1 aliphatic heterocycles. The first-order valence-electron chi connectivity index (χ1n) is 7.94. The van der Waals surface area contributed by atoms with E-state index in [0.29, 0.717) is 30.4 Å². The van der Waals surface area contributed by atoms with Gasteiger partial charge < -0.3 is 19.1 Å². The Morgan fingerprint density at radius 1 is 1.57 bits per heavy atom. The average Bonchev–Trinajstić information content (AvgIpc) is 3.21. The Labute approximate surface area is 135 Å². The number of carbonyl (C=O) groups excluding carboxylic acids is 1. The van der Waals surface area contributed by atoms with E-state index in [-0.39, 0.29) is 5.91 Å². The van der Waals surface area contributed by atoms with Gasteiger partial charge in [0.25, 0.3) is 5.88 Å². The number of H-pyrrole nitrogens is 1. The summed E-state index contributed by atoms with van der Waals surface area (Å²) >= 11 is 0. The Kier molecular flexibility index (Phi) is 4.64. The summed E-state index contributed by atoms with van der Waals surface area (Å²) in [5.41, 5.74) is 1.06. The van der Waals surface area contributed by atoms with Crippen LogP contribution < -0.4 is 4.74 Å². The van der Waals surface area contributed by atoms with Crippen LogP contribution in [-0.4, -0.2) is 46.1 Å². The number of likely N-dealkylation sites (tertiary alicyclic amines) is 1. The maximum absolute atomic E-state index is 12.4. The van der Waals surface area contributed by atoms with Gasteiger partial charge in [-0.25, -0.2) is 4.98 Å². The van der Waals surface area contributed by atoms with Gasteiger partial charge in [-0.3, -0.25) is 4.79 Å². The van der Waals surface area contributed by atoms with Crippen molar-refractivity contribution in [2.24, 2.45) is 0 Å². The lowest BCUT2D eigenvalue weighted by Gasteiger charge is -2.32. The Morgan fingerprint density at radius 3 is 3.13 bits per heavy atom. The summed E-state index contributed by atoms with van der Waals surface area (Å²) in [6.45, 7) is 3.54. The first-order valence-corrected chi connectivity index (χ1v) is 7.94. The molecule has 1 N–H and O–H groups in total. The molecule has 2 aromatic rings. The van der Waals surface area contributed by atoms with Crippen LogP contribution in [0.2, 0.25) is 0 Å². The molecule has 0 spiro atoms. The van der Waals surface area contributed by atoms with E-state index in [1.807, 2.05) is 18.0 Å². The van der Waals surface area contributed by atoms with Crippen LogP contribution in [-0.2, 0) is 11.2 Å². The summed E-state index contributed by atoms with van der Waals surface area (Å²) in [7, 11) is 1.54. The second-order valence-corrected chi connectivity index (χ2v) is 5.97. The fourth-order valence-corrected chi connectivity index (χ4v) is 2.96. The van der Waals surface area contributed by atoms with Crippen molar-refractivity contribution in [3.8, 4) is 5.88 Å². The van der Waals surface area contributed by atoms with Gasteiger partial charge in [-0.1, -0.05) is 0 Å². The Balaban J connectivity index is 1.54. The molecule has 0 bridgehead atoms. The van der Waals surface area contributed by atoms with Crippen LogP contribution in [0.4, 0.5) is 0 Å². The SMILES string of the molecule is COc1cc(CCC(=O)N2CCC[C@H](c3ncc(C)[nH]3)C2)on1. The number of nitrogens with one attached hydrogen (secondary N) is 1. The van der Waals surface area contributed by atoms with E-state index in [2.05, 4.69) is 15.1 Å². The minimum Gasteiger partial charge on any atom is -0.479 e. The maximum atomic E-state index is 12.4. The molecule has 0 aliphatic carbocycles. The van der Waals surface area contributed by atoms with Crippen molar-refractivity contribution < 1.29 is 14.1 Å². The molecule has 7 heteroatoms. The Morgan fingerprint density at radius 2 is 2.43 bits per heavy atom. The number of nitrogens with zero attached hydrogens (tertiary/aromatic N) is 3. The van der Waals surface area contributed by atoms with Gasteiger partial charge in [-0.2, -0.15) is 0 Å². The highest BCUT2D eigenvalue weighted by Crippen LogP contribution is 2.25. The van der Waals surface area contributed by atoms with Crippen molar-refractivity contribution in [2.75, 3.05) is 20.2 Å². The van der Waals surface area contributed by atoms with Gasteiger partial charge >= 0.3 is 0 Å². The lowest BCUT2D eigenvalue weighted by Crippen LogP contribution is -2.39. The second-order valence-electron chi connectivity index (χ2n) is 5.97. The summed E-state index contributed by atoms with van der Waals surface area (Å²) in [5, 5.41) is 3.74. The lowest BCUT2D eigenvalue weighted by atomic mass is 9.97. The van der Waals surface area contributed by atoms with E-state index in [1.165, 1.54) is 7.11 Å². The molecule has 0 radical (unpaired) electrons. The van der Waals surface area contributed by atoms with Crippen molar-refractivity contribution in [3.63, 3.8) is 0 Å². The fourth-order valence-electron chi connectivity index (χ4n) is 2.96. The molecule has 1 saturated heterocycles. The molecule has 1 atom stereocenters. The monoisotopic (exact) mass is 318 g/mol. The number of methoxy groups -OCH3 is 1. The van der Waals surface area contributed by atoms with Crippen LogP contribution in [0.3, 0.4) is 0 Å². The average molecular weight is 318 g/mol. The molecule has 124 valence electrons. The van der Waals surface area contributed by atoms with E-state index < -0.39 is 0 Å². The zero-order valence-electron chi connectivity index (χ0n) is 13.5. The highest BCUT2D eigenvalue weighted by Gasteiger charge is 2.26. The summed E-state index contributed by atoms with van der Waals surface area (Å²) in [6.07, 6.45) is 4.87. The quantitative estimate of drug-likeness (QED) is 0.912. The molecule has 0 saturated carbocycles. The van der Waals surface area contributed by atoms with Gasteiger partial charge in [0.15, 0.2) is 0 Å². The number of aromatic nitrogens is 3. The number of rotatable bonds is 5. The molecule has 3 rings (SSSR count). The largest absolute Gasteiger partial charge is 0.479 e. The molecular weight excluding hydrogens is 296 g/mol. The van der Waals surface area contributed by atoms with Gasteiger partial charge in [-0.15, -0.1) is 0 Å². The normalized spacial score (nSPS) is 18.2. The van der Waals surface area contributed by atoms with E-state index in [9.17, 15) is 4.79 Å². The fraction of sp³-hybridized carbons (Fsp3) is 0.562. The molecule has 7 nitrogen and oxygen atoms in total. The third-order valence-corrected chi connectivity index (χ3v) is 4.22. The molecule has 23 heavy (non-hydrogen) atoms. The smallest absolute Gasteiger partial charge is 0.254 e. The van der Waals surface area contributed by atoms with Crippen molar-refractivity contribution in [2.45, 2.75) is 38.5 Å². The minimum absolute atomic E-state index is 0.147. The van der Waals surface area contributed by atoms with Crippen molar-refractivity contribution in [3.05, 3.63) is 29.5 Å². The summed E-state index contributed by atoms with van der Waals surface area (Å²) in [4.78, 5) is 22.1. The number of ether oxygens (including phenoxy) is 1. The number of hydrogen-bond donors (Lipinski definition) is 1. The van der Waals surface area contributed by atoms with Crippen molar-refractivity contribution in [1.29, 1.82) is 0 Å². The second kappa shape index (κ2) is 6.85. The van der Waals surface area contributed by atoms with Crippen LogP contribution in [0.1, 0.15) is 42.5 Å². The Bertz CT molecular complexity index is 664. The number of amides is 1. The maximum Gasteiger partial charge on any atom is 0.254 e. The zero-order valence-corrected chi connectivity index (χ0v) is 13.5. The number of aryl methyl sites for hydroxylation is 2. The number of aromatic amines is 1. The number of piperidine rings is 1. The number of imidazole rings is 1. The van der Waals surface area contributed by atoms with Crippen LogP contribution >= 0.6 is 0 Å². The Hall–Kier alpha value is -2.31. The van der Waals surface area contributed by atoms with Gasteiger partial charge in [0.05, 0.1) is 7.11 Å². The first kappa shape index (κ1) is 15.6. The number of carbonyl (C=O) groups is 1. The first-order chi connectivity index (χ1) is 11.2. The van der Waals surface area contributed by atoms with E-state index in [4.69, 9.17) is 9.26 Å². The van der Waals surface area contributed by atoms with Crippen LogP contribution in [0.25, 0.3) is 0 Å². The highest BCUT2D eigenvalue weighted by atomic mass is 16.5. The minimum atomic E-state index is 0.147. The van der Waals surface area contributed by atoms with Crippen molar-refractivity contribution in [1.82, 2.24) is 20.0 Å². The third-order valence-electron chi connectivity index (χ3n) is 4.22. The van der Waals surface area contributed by atoms with Gasteiger partial charge in [0.2, 0.25) is 5.91 Å². The van der Waals surface area contributed by atoms with E-state index in [0.717, 1.165) is 37.4 Å². The van der Waals surface area contributed by atoms with Gasteiger partial charge in [0, 0.05) is 49.8 Å². The van der Waals surface area contributed by atoms with E-state index in [1.54, 1.807) is 6.07 Å². The molecule has 1 amide bonds. The summed E-state index contributed by atoms with van der Waals surface area (Å²) in [5.74, 6) is 2.55. The van der Waals surface area contributed by atoms with Crippen LogP contribution in [0.15, 0.2) is 16.8 Å². The molecule has 1 fully saturated rings. The lowest BCUT2D eigenvalue weighted by molar-refractivity contribution is -0.132. The van der Waals surface area contributed by atoms with E-state index >= 15 is 0 Å². The van der Waals surface area contributed by atoms with Crippen LogP contribution in [0.5, 0.6) is 5.88 Å².